The minimum absolute atomic E-state index is 0.140. The third-order valence-electron chi connectivity index (χ3n) is 4.93. The first-order chi connectivity index (χ1) is 11.5. The molecule has 0 aliphatic heterocycles. The molecule has 24 heavy (non-hydrogen) atoms. The van der Waals surface area contributed by atoms with Crippen LogP contribution < -0.4 is 0 Å². The van der Waals surface area contributed by atoms with Gasteiger partial charge in [-0.2, -0.15) is 0 Å². The van der Waals surface area contributed by atoms with E-state index < -0.39 is 11.9 Å². The highest BCUT2D eigenvalue weighted by molar-refractivity contribution is 6.14. The van der Waals surface area contributed by atoms with Gasteiger partial charge < -0.3 is 9.47 Å². The molecule has 2 atom stereocenters. The predicted molar refractivity (Wildman–Crippen MR) is 95.6 cm³/mol. The highest BCUT2D eigenvalue weighted by Gasteiger charge is 2.31. The molecule has 138 valence electrons. The van der Waals surface area contributed by atoms with Crippen molar-refractivity contribution >= 4 is 11.9 Å². The van der Waals surface area contributed by atoms with Crippen molar-refractivity contribution < 1.29 is 19.1 Å². The minimum atomic E-state index is -0.514. The molecule has 1 aliphatic carbocycles. The van der Waals surface area contributed by atoms with Crippen LogP contribution in [0.1, 0.15) is 79.1 Å². The van der Waals surface area contributed by atoms with E-state index in [1.165, 1.54) is 6.42 Å². The second-order valence-corrected chi connectivity index (χ2v) is 6.91. The van der Waals surface area contributed by atoms with Crippen molar-refractivity contribution in [3.05, 3.63) is 11.1 Å². The number of allylic oxidation sites excluding steroid dienone is 1. The van der Waals surface area contributed by atoms with Crippen molar-refractivity contribution in [2.45, 2.75) is 79.1 Å². The molecular weight excluding hydrogens is 304 g/mol. The van der Waals surface area contributed by atoms with Crippen molar-refractivity contribution in [2.75, 3.05) is 13.2 Å². The molecule has 0 spiro atoms. The second kappa shape index (κ2) is 11.3. The number of carbonyl (C=O) groups is 2. The third-order valence-corrected chi connectivity index (χ3v) is 4.93. The largest absolute Gasteiger partial charge is 0.462 e. The molecule has 0 bridgehead atoms. The van der Waals surface area contributed by atoms with E-state index in [2.05, 4.69) is 6.92 Å². The molecular formula is C20H34O4. The van der Waals surface area contributed by atoms with Gasteiger partial charge in [0.15, 0.2) is 0 Å². The summed E-state index contributed by atoms with van der Waals surface area (Å²) in [7, 11) is 0. The van der Waals surface area contributed by atoms with Crippen LogP contribution in [0.15, 0.2) is 11.1 Å². The summed E-state index contributed by atoms with van der Waals surface area (Å²) < 4.78 is 10.6. The molecule has 1 fully saturated rings. The van der Waals surface area contributed by atoms with E-state index in [0.29, 0.717) is 19.1 Å². The molecule has 1 saturated carbocycles. The first kappa shape index (κ1) is 20.7. The maximum Gasteiger partial charge on any atom is 0.345 e. The number of hydrogen-bond donors (Lipinski definition) is 0. The van der Waals surface area contributed by atoms with Gasteiger partial charge in [-0.25, -0.2) is 9.59 Å². The van der Waals surface area contributed by atoms with Crippen LogP contribution in [0.4, 0.5) is 0 Å². The zero-order valence-electron chi connectivity index (χ0n) is 15.9. The van der Waals surface area contributed by atoms with E-state index in [1.54, 1.807) is 0 Å². The monoisotopic (exact) mass is 338 g/mol. The average molecular weight is 338 g/mol. The van der Waals surface area contributed by atoms with Gasteiger partial charge in [0, 0.05) is 0 Å². The summed E-state index contributed by atoms with van der Waals surface area (Å²) in [4.78, 5) is 25.0. The Kier molecular flexibility index (Phi) is 9.73. The number of carbonyl (C=O) groups excluding carboxylic acids is 2. The molecule has 4 heteroatoms. The summed E-state index contributed by atoms with van der Waals surface area (Å²) in [5, 5.41) is 0. The molecule has 0 saturated heterocycles. The van der Waals surface area contributed by atoms with Crippen molar-refractivity contribution in [3.63, 3.8) is 0 Å². The summed E-state index contributed by atoms with van der Waals surface area (Å²) in [6, 6.07) is 0. The van der Waals surface area contributed by atoms with Gasteiger partial charge in [0.2, 0.25) is 0 Å². The summed E-state index contributed by atoms with van der Waals surface area (Å²) in [5.41, 5.74) is 0.992. The Morgan fingerprint density at radius 2 is 1.42 bits per heavy atom. The van der Waals surface area contributed by atoms with E-state index in [0.717, 1.165) is 50.5 Å². The summed E-state index contributed by atoms with van der Waals surface area (Å²) in [5.74, 6) is -0.271. The molecule has 4 nitrogen and oxygen atoms in total. The maximum atomic E-state index is 12.5. The van der Waals surface area contributed by atoms with E-state index in [4.69, 9.17) is 9.47 Å². The predicted octanol–water partition coefficient (Wildman–Crippen LogP) is 4.82. The zero-order valence-corrected chi connectivity index (χ0v) is 15.9. The smallest absolute Gasteiger partial charge is 0.345 e. The van der Waals surface area contributed by atoms with Gasteiger partial charge in [0.05, 0.1) is 13.2 Å². The van der Waals surface area contributed by atoms with Crippen molar-refractivity contribution in [1.82, 2.24) is 0 Å². The molecule has 1 rings (SSSR count). The molecule has 0 aromatic rings. The van der Waals surface area contributed by atoms with Crippen LogP contribution in [0, 0.1) is 11.8 Å². The fourth-order valence-corrected chi connectivity index (χ4v) is 3.31. The van der Waals surface area contributed by atoms with Gasteiger partial charge in [-0.3, -0.25) is 0 Å². The number of esters is 2. The van der Waals surface area contributed by atoms with Gasteiger partial charge >= 0.3 is 11.9 Å². The van der Waals surface area contributed by atoms with Crippen LogP contribution in [-0.4, -0.2) is 25.2 Å². The Morgan fingerprint density at radius 3 is 1.88 bits per heavy atom. The van der Waals surface area contributed by atoms with Crippen LogP contribution in [0.3, 0.4) is 0 Å². The molecule has 0 heterocycles. The Balaban J connectivity index is 2.94. The van der Waals surface area contributed by atoms with Crippen LogP contribution in [0.5, 0.6) is 0 Å². The van der Waals surface area contributed by atoms with Crippen LogP contribution in [0.25, 0.3) is 0 Å². The lowest BCUT2D eigenvalue weighted by molar-refractivity contribution is -0.147. The third kappa shape index (κ3) is 6.29. The van der Waals surface area contributed by atoms with E-state index in [-0.39, 0.29) is 11.5 Å². The number of rotatable bonds is 9. The summed E-state index contributed by atoms with van der Waals surface area (Å²) in [6.45, 7) is 8.90. The molecule has 2 unspecified atom stereocenters. The zero-order chi connectivity index (χ0) is 17.9. The number of hydrogen-bond acceptors (Lipinski definition) is 4. The Hall–Kier alpha value is -1.32. The standard InChI is InChI=1S/C20H34O4/c1-5-7-13-23-19(21)18(20(22)24-14-8-6-2)16(4)17-12-10-9-11-15(17)3/h15,17H,5-14H2,1-4H3. The van der Waals surface area contributed by atoms with E-state index in [1.807, 2.05) is 20.8 Å². The van der Waals surface area contributed by atoms with Gasteiger partial charge in [-0.05, 0) is 43.6 Å². The maximum absolute atomic E-state index is 12.5. The van der Waals surface area contributed by atoms with Gasteiger partial charge in [-0.15, -0.1) is 0 Å². The Labute approximate surface area is 147 Å². The topological polar surface area (TPSA) is 52.6 Å². The Morgan fingerprint density at radius 1 is 0.917 bits per heavy atom. The van der Waals surface area contributed by atoms with Crippen LogP contribution in [0.2, 0.25) is 0 Å². The molecule has 0 amide bonds. The molecule has 0 radical (unpaired) electrons. The Bertz CT molecular complexity index is 415. The quantitative estimate of drug-likeness (QED) is 0.199. The second-order valence-electron chi connectivity index (χ2n) is 6.91. The summed E-state index contributed by atoms with van der Waals surface area (Å²) >= 11 is 0. The lowest BCUT2D eigenvalue weighted by atomic mass is 9.75. The highest BCUT2D eigenvalue weighted by atomic mass is 16.6. The van der Waals surface area contributed by atoms with Crippen LogP contribution >= 0.6 is 0 Å². The van der Waals surface area contributed by atoms with E-state index in [9.17, 15) is 9.59 Å². The fraction of sp³-hybridized carbons (Fsp3) is 0.800. The van der Waals surface area contributed by atoms with E-state index >= 15 is 0 Å². The van der Waals surface area contributed by atoms with Crippen molar-refractivity contribution in [1.29, 1.82) is 0 Å². The van der Waals surface area contributed by atoms with Gasteiger partial charge in [0.1, 0.15) is 5.57 Å². The minimum Gasteiger partial charge on any atom is -0.462 e. The lowest BCUT2D eigenvalue weighted by Crippen LogP contribution is -2.26. The number of ether oxygens (including phenoxy) is 2. The average Bonchev–Trinajstić information content (AvgIpc) is 2.56. The van der Waals surface area contributed by atoms with Crippen LogP contribution in [-0.2, 0) is 19.1 Å². The molecule has 1 aliphatic rings. The first-order valence-corrected chi connectivity index (χ1v) is 9.57. The molecule has 0 aromatic heterocycles. The lowest BCUT2D eigenvalue weighted by Gasteiger charge is -2.30. The molecule has 0 aromatic carbocycles. The first-order valence-electron chi connectivity index (χ1n) is 9.57. The SMILES string of the molecule is CCCCOC(=O)C(C(=O)OCCCC)=C(C)C1CCCCC1C. The highest BCUT2D eigenvalue weighted by Crippen LogP contribution is 2.36. The van der Waals surface area contributed by atoms with Crippen molar-refractivity contribution in [3.8, 4) is 0 Å². The van der Waals surface area contributed by atoms with Gasteiger partial charge in [-0.1, -0.05) is 52.9 Å². The molecule has 0 N–H and O–H groups in total. The van der Waals surface area contributed by atoms with Gasteiger partial charge in [0.25, 0.3) is 0 Å². The fourth-order valence-electron chi connectivity index (χ4n) is 3.31. The summed E-state index contributed by atoms with van der Waals surface area (Å²) in [6.07, 6.45) is 8.06. The number of unbranched alkanes of at least 4 members (excludes halogenated alkanes) is 2. The normalized spacial score (nSPS) is 20.3. The van der Waals surface area contributed by atoms with Crippen molar-refractivity contribution in [2.24, 2.45) is 11.8 Å².